The van der Waals surface area contributed by atoms with Crippen LogP contribution >= 0.6 is 0 Å². The van der Waals surface area contributed by atoms with E-state index in [0.717, 1.165) is 0 Å². The van der Waals surface area contributed by atoms with Crippen LogP contribution in [0.5, 0.6) is 0 Å². The first-order chi connectivity index (χ1) is 15.2. The third kappa shape index (κ3) is 3.79. The fourth-order valence-corrected chi connectivity index (χ4v) is 5.10. The van der Waals surface area contributed by atoms with Gasteiger partial charge in [0.25, 0.3) is 0 Å². The molecular formula is C32H34. The van der Waals surface area contributed by atoms with E-state index < -0.39 is 0 Å². The van der Waals surface area contributed by atoms with Gasteiger partial charge in [-0.1, -0.05) is 71.8 Å². The minimum absolute atomic E-state index is 1.30. The highest BCUT2D eigenvalue weighted by molar-refractivity contribution is 5.94. The van der Waals surface area contributed by atoms with Crippen molar-refractivity contribution in [1.29, 1.82) is 0 Å². The molecule has 4 aromatic rings. The highest BCUT2D eigenvalue weighted by Crippen LogP contribution is 2.44. The second-order valence-corrected chi connectivity index (χ2v) is 9.50. The summed E-state index contributed by atoms with van der Waals surface area (Å²) < 4.78 is 0. The molecular weight excluding hydrogens is 384 g/mol. The van der Waals surface area contributed by atoms with Crippen LogP contribution in [-0.4, -0.2) is 0 Å². The molecule has 0 nitrogen and oxygen atoms in total. The molecule has 4 aromatic carbocycles. The normalized spacial score (nSPS) is 11.1. The van der Waals surface area contributed by atoms with Crippen molar-refractivity contribution in [3.05, 3.63) is 105 Å². The van der Waals surface area contributed by atoms with Gasteiger partial charge in [0.15, 0.2) is 0 Å². The van der Waals surface area contributed by atoms with Gasteiger partial charge in [0.2, 0.25) is 0 Å². The highest BCUT2D eigenvalue weighted by atomic mass is 14.2. The number of aryl methyl sites for hydroxylation is 6. The van der Waals surface area contributed by atoms with Crippen molar-refractivity contribution in [2.75, 3.05) is 0 Å². The average molecular weight is 419 g/mol. The molecule has 0 atom stereocenters. The standard InChI is InChI=1S/C32H34/c1-19-13-15-27(23(5)16-19)32-26(8)31(29-17-20(2)12-14-22(29)4)24(6)18-30(32)28-11-9-10-21(3)25(28)7/h9-18H,1-8H3. The van der Waals surface area contributed by atoms with E-state index >= 15 is 0 Å². The summed E-state index contributed by atoms with van der Waals surface area (Å²) in [6, 6.07) is 22.7. The summed E-state index contributed by atoms with van der Waals surface area (Å²) >= 11 is 0. The van der Waals surface area contributed by atoms with Crippen molar-refractivity contribution in [3.63, 3.8) is 0 Å². The van der Waals surface area contributed by atoms with E-state index in [1.54, 1.807) is 0 Å². The van der Waals surface area contributed by atoms with E-state index in [1.807, 2.05) is 0 Å². The van der Waals surface area contributed by atoms with E-state index in [9.17, 15) is 0 Å². The Morgan fingerprint density at radius 2 is 1.06 bits per heavy atom. The lowest BCUT2D eigenvalue weighted by Crippen LogP contribution is -2.00. The van der Waals surface area contributed by atoms with Crippen LogP contribution in [0.15, 0.2) is 60.7 Å². The van der Waals surface area contributed by atoms with Gasteiger partial charge in [-0.3, -0.25) is 0 Å². The Morgan fingerprint density at radius 1 is 0.375 bits per heavy atom. The molecule has 0 spiro atoms. The van der Waals surface area contributed by atoms with Gasteiger partial charge in [-0.2, -0.15) is 0 Å². The number of hydrogen-bond acceptors (Lipinski definition) is 0. The lowest BCUT2D eigenvalue weighted by molar-refractivity contribution is 1.30. The van der Waals surface area contributed by atoms with Gasteiger partial charge in [-0.15, -0.1) is 0 Å². The van der Waals surface area contributed by atoms with Crippen LogP contribution in [0.3, 0.4) is 0 Å². The van der Waals surface area contributed by atoms with Crippen LogP contribution < -0.4 is 0 Å². The monoisotopic (exact) mass is 418 g/mol. The topological polar surface area (TPSA) is 0 Å². The molecule has 162 valence electrons. The number of benzene rings is 4. The number of hydrogen-bond donors (Lipinski definition) is 0. The second kappa shape index (κ2) is 8.43. The van der Waals surface area contributed by atoms with Crippen LogP contribution in [-0.2, 0) is 0 Å². The van der Waals surface area contributed by atoms with Gasteiger partial charge in [-0.05, 0) is 122 Å². The summed E-state index contributed by atoms with van der Waals surface area (Å²) in [4.78, 5) is 0. The first-order valence-electron chi connectivity index (χ1n) is 11.5. The third-order valence-corrected chi connectivity index (χ3v) is 6.98. The predicted octanol–water partition coefficient (Wildman–Crippen LogP) is 9.15. The Labute approximate surface area is 194 Å². The van der Waals surface area contributed by atoms with Crippen molar-refractivity contribution in [2.24, 2.45) is 0 Å². The lowest BCUT2D eigenvalue weighted by Gasteiger charge is -2.23. The summed E-state index contributed by atoms with van der Waals surface area (Å²) in [6.45, 7) is 17.9. The van der Waals surface area contributed by atoms with E-state index in [1.165, 1.54) is 77.9 Å². The molecule has 0 heterocycles. The van der Waals surface area contributed by atoms with Crippen molar-refractivity contribution >= 4 is 0 Å². The smallest absolute Gasteiger partial charge is 0.00670 e. The Kier molecular flexibility index (Phi) is 5.82. The van der Waals surface area contributed by atoms with Crippen LogP contribution in [0, 0.1) is 55.4 Å². The van der Waals surface area contributed by atoms with Gasteiger partial charge in [0.05, 0.1) is 0 Å². The van der Waals surface area contributed by atoms with Crippen LogP contribution in [0.1, 0.15) is 44.5 Å². The third-order valence-electron chi connectivity index (χ3n) is 6.98. The molecule has 0 radical (unpaired) electrons. The van der Waals surface area contributed by atoms with Crippen molar-refractivity contribution in [3.8, 4) is 33.4 Å². The largest absolute Gasteiger partial charge is 0.0614 e. The van der Waals surface area contributed by atoms with Crippen LogP contribution in [0.4, 0.5) is 0 Å². The second-order valence-electron chi connectivity index (χ2n) is 9.50. The molecule has 0 amide bonds. The quantitative estimate of drug-likeness (QED) is 0.311. The summed E-state index contributed by atoms with van der Waals surface area (Å²) in [7, 11) is 0. The zero-order valence-electron chi connectivity index (χ0n) is 20.8. The summed E-state index contributed by atoms with van der Waals surface area (Å²) in [6.07, 6.45) is 0. The summed E-state index contributed by atoms with van der Waals surface area (Å²) in [5.41, 5.74) is 18.7. The van der Waals surface area contributed by atoms with E-state index in [2.05, 4.69) is 116 Å². The van der Waals surface area contributed by atoms with Gasteiger partial charge in [-0.25, -0.2) is 0 Å². The molecule has 4 rings (SSSR count). The molecule has 0 aliphatic carbocycles. The minimum atomic E-state index is 1.30. The fraction of sp³-hybridized carbons (Fsp3) is 0.250. The molecule has 0 unspecified atom stereocenters. The van der Waals surface area contributed by atoms with Gasteiger partial charge in [0.1, 0.15) is 0 Å². The predicted molar refractivity (Wildman–Crippen MR) is 141 cm³/mol. The zero-order valence-corrected chi connectivity index (χ0v) is 20.8. The molecule has 0 aromatic heterocycles. The Bertz CT molecular complexity index is 1330. The maximum Gasteiger partial charge on any atom is -0.00670 e. The molecule has 0 aliphatic heterocycles. The van der Waals surface area contributed by atoms with Crippen LogP contribution in [0.25, 0.3) is 33.4 Å². The molecule has 32 heavy (non-hydrogen) atoms. The SMILES string of the molecule is Cc1ccc(-c2c(-c3cccc(C)c3C)cc(C)c(-c3cc(C)ccc3C)c2C)c(C)c1. The first kappa shape index (κ1) is 22.1. The summed E-state index contributed by atoms with van der Waals surface area (Å²) in [5.74, 6) is 0. The lowest BCUT2D eigenvalue weighted by atomic mass is 9.80. The Balaban J connectivity index is 2.14. The molecule has 0 bridgehead atoms. The van der Waals surface area contributed by atoms with Gasteiger partial charge in [0, 0.05) is 0 Å². The highest BCUT2D eigenvalue weighted by Gasteiger charge is 2.20. The van der Waals surface area contributed by atoms with E-state index in [-0.39, 0.29) is 0 Å². The zero-order chi connectivity index (χ0) is 23.2. The molecule has 0 saturated carbocycles. The van der Waals surface area contributed by atoms with E-state index in [0.29, 0.717) is 0 Å². The minimum Gasteiger partial charge on any atom is -0.0614 e. The first-order valence-corrected chi connectivity index (χ1v) is 11.5. The summed E-state index contributed by atoms with van der Waals surface area (Å²) in [5, 5.41) is 0. The Morgan fingerprint density at radius 3 is 1.78 bits per heavy atom. The van der Waals surface area contributed by atoms with Crippen LogP contribution in [0.2, 0.25) is 0 Å². The molecule has 0 heteroatoms. The maximum atomic E-state index is 2.42. The molecule has 0 fully saturated rings. The number of rotatable bonds is 3. The molecule has 0 saturated heterocycles. The Hall–Kier alpha value is -3.12. The van der Waals surface area contributed by atoms with Gasteiger partial charge < -0.3 is 0 Å². The fourth-order valence-electron chi connectivity index (χ4n) is 5.10. The van der Waals surface area contributed by atoms with Crippen molar-refractivity contribution in [2.45, 2.75) is 55.4 Å². The maximum absolute atomic E-state index is 2.42. The van der Waals surface area contributed by atoms with Crippen molar-refractivity contribution < 1.29 is 0 Å². The molecule has 0 aliphatic rings. The van der Waals surface area contributed by atoms with Crippen molar-refractivity contribution in [1.82, 2.24) is 0 Å². The van der Waals surface area contributed by atoms with Gasteiger partial charge >= 0.3 is 0 Å². The average Bonchev–Trinajstić information content (AvgIpc) is 2.73. The van der Waals surface area contributed by atoms with E-state index in [4.69, 9.17) is 0 Å². The molecule has 0 N–H and O–H groups in total.